The van der Waals surface area contributed by atoms with E-state index in [-0.39, 0.29) is 5.54 Å². The quantitative estimate of drug-likeness (QED) is 0.731. The van der Waals surface area contributed by atoms with Gasteiger partial charge in [0.1, 0.15) is 0 Å². The maximum absolute atomic E-state index is 5.38. The van der Waals surface area contributed by atoms with Gasteiger partial charge in [0, 0.05) is 27.1 Å². The predicted molar refractivity (Wildman–Crippen MR) is 56.6 cm³/mol. The van der Waals surface area contributed by atoms with E-state index in [1.165, 1.54) is 11.4 Å². The van der Waals surface area contributed by atoms with Gasteiger partial charge in [-0.05, 0) is 12.8 Å². The molecule has 1 aromatic rings. The molecule has 0 aromatic carbocycles. The van der Waals surface area contributed by atoms with Crippen molar-refractivity contribution >= 4 is 0 Å². The minimum absolute atomic E-state index is 0.152. The number of aromatic nitrogens is 2. The summed E-state index contributed by atoms with van der Waals surface area (Å²) in [6, 6.07) is 0. The summed E-state index contributed by atoms with van der Waals surface area (Å²) < 4.78 is 7.54. The van der Waals surface area contributed by atoms with Gasteiger partial charge in [0.2, 0.25) is 0 Å². The molecule has 1 aliphatic carbocycles. The molecule has 2 heterocycles. The Bertz CT molecular complexity index is 379. The maximum atomic E-state index is 5.38. The first-order valence-corrected chi connectivity index (χ1v) is 5.54. The van der Waals surface area contributed by atoms with E-state index in [4.69, 9.17) is 4.74 Å². The number of hydrogen-bond donors (Lipinski definition) is 1. The number of methoxy groups -OCH3 is 1. The maximum Gasteiger partial charge on any atom is 0.0949 e. The molecule has 3 rings (SSSR count). The van der Waals surface area contributed by atoms with Crippen LogP contribution in [0.3, 0.4) is 0 Å². The lowest BCUT2D eigenvalue weighted by Gasteiger charge is -2.49. The molecule has 82 valence electrons. The molecule has 4 nitrogen and oxygen atoms in total. The molecule has 1 N–H and O–H groups in total. The normalized spacial score (nSPS) is 33.9. The molecule has 1 spiro atoms. The van der Waals surface area contributed by atoms with E-state index in [1.807, 2.05) is 6.33 Å². The Balaban J connectivity index is 1.96. The molecule has 4 heteroatoms. The van der Waals surface area contributed by atoms with Gasteiger partial charge in [-0.2, -0.15) is 0 Å². The van der Waals surface area contributed by atoms with Gasteiger partial charge in [0.15, 0.2) is 0 Å². The van der Waals surface area contributed by atoms with Crippen LogP contribution in [0, 0.1) is 0 Å². The molecule has 0 atom stereocenters. The van der Waals surface area contributed by atoms with Crippen molar-refractivity contribution in [2.75, 3.05) is 13.7 Å². The monoisotopic (exact) mass is 207 g/mol. The van der Waals surface area contributed by atoms with E-state index >= 15 is 0 Å². The Kier molecular flexibility index (Phi) is 1.91. The molecule has 0 bridgehead atoms. The summed E-state index contributed by atoms with van der Waals surface area (Å²) >= 11 is 0. The Hall–Kier alpha value is -0.870. The van der Waals surface area contributed by atoms with Crippen molar-refractivity contribution in [2.45, 2.75) is 30.9 Å². The molecule has 1 saturated carbocycles. The van der Waals surface area contributed by atoms with Crippen molar-refractivity contribution in [2.24, 2.45) is 7.05 Å². The fraction of sp³-hybridized carbons (Fsp3) is 0.727. The third kappa shape index (κ3) is 1.18. The number of hydrogen-bond acceptors (Lipinski definition) is 3. The van der Waals surface area contributed by atoms with Gasteiger partial charge in [-0.15, -0.1) is 0 Å². The standard InChI is InChI=1S/C11H17N3O/c1-14-7-12-9-3-4-13-11(10(9)14)5-8(6-11)15-2/h7-8,13H,3-6H2,1-2H3. The molecule has 0 unspecified atom stereocenters. The second kappa shape index (κ2) is 3.06. The van der Waals surface area contributed by atoms with E-state index in [0.29, 0.717) is 6.10 Å². The Morgan fingerprint density at radius 3 is 3.13 bits per heavy atom. The number of aryl methyl sites for hydroxylation is 1. The molecule has 1 aliphatic heterocycles. The first-order chi connectivity index (χ1) is 7.25. The summed E-state index contributed by atoms with van der Waals surface area (Å²) in [4.78, 5) is 4.47. The number of ether oxygens (including phenoxy) is 1. The zero-order valence-corrected chi connectivity index (χ0v) is 9.29. The Labute approximate surface area is 89.6 Å². The van der Waals surface area contributed by atoms with Crippen LogP contribution < -0.4 is 5.32 Å². The summed E-state index contributed by atoms with van der Waals surface area (Å²) in [5.74, 6) is 0. The summed E-state index contributed by atoms with van der Waals surface area (Å²) in [5, 5.41) is 3.64. The Morgan fingerprint density at radius 2 is 2.40 bits per heavy atom. The minimum Gasteiger partial charge on any atom is -0.381 e. The zero-order chi connectivity index (χ0) is 10.5. The first-order valence-electron chi connectivity index (χ1n) is 5.54. The molecule has 0 radical (unpaired) electrons. The highest BCUT2D eigenvalue weighted by Crippen LogP contribution is 2.45. The van der Waals surface area contributed by atoms with Gasteiger partial charge in [0.25, 0.3) is 0 Å². The lowest BCUT2D eigenvalue weighted by molar-refractivity contribution is -0.0386. The molecule has 0 amide bonds. The fourth-order valence-corrected chi connectivity index (χ4v) is 3.00. The highest BCUT2D eigenvalue weighted by molar-refractivity contribution is 5.30. The Morgan fingerprint density at radius 1 is 1.60 bits per heavy atom. The first kappa shape index (κ1) is 9.36. The average Bonchev–Trinajstić information content (AvgIpc) is 2.57. The smallest absolute Gasteiger partial charge is 0.0949 e. The summed E-state index contributed by atoms with van der Waals surface area (Å²) in [7, 11) is 3.88. The average molecular weight is 207 g/mol. The number of rotatable bonds is 1. The lowest BCUT2D eigenvalue weighted by Crippen LogP contribution is -2.59. The minimum atomic E-state index is 0.152. The molecule has 0 saturated heterocycles. The lowest BCUT2D eigenvalue weighted by atomic mass is 9.69. The van der Waals surface area contributed by atoms with Crippen molar-refractivity contribution in [3.63, 3.8) is 0 Å². The van der Waals surface area contributed by atoms with Gasteiger partial charge >= 0.3 is 0 Å². The summed E-state index contributed by atoms with van der Waals surface area (Å²) in [5.41, 5.74) is 2.80. The summed E-state index contributed by atoms with van der Waals surface area (Å²) in [6.45, 7) is 1.04. The van der Waals surface area contributed by atoms with E-state index in [2.05, 4.69) is 21.9 Å². The third-order valence-corrected chi connectivity index (χ3v) is 3.78. The second-order valence-electron chi connectivity index (χ2n) is 4.68. The van der Waals surface area contributed by atoms with Crippen molar-refractivity contribution in [3.05, 3.63) is 17.7 Å². The van der Waals surface area contributed by atoms with Crippen molar-refractivity contribution < 1.29 is 4.74 Å². The SMILES string of the molecule is COC1CC2(C1)NCCc1ncn(C)c12. The van der Waals surface area contributed by atoms with Crippen LogP contribution in [0.2, 0.25) is 0 Å². The fourth-order valence-electron chi connectivity index (χ4n) is 3.00. The van der Waals surface area contributed by atoms with Gasteiger partial charge in [-0.3, -0.25) is 0 Å². The number of imidazole rings is 1. The van der Waals surface area contributed by atoms with Gasteiger partial charge < -0.3 is 14.6 Å². The topological polar surface area (TPSA) is 39.1 Å². The third-order valence-electron chi connectivity index (χ3n) is 3.78. The van der Waals surface area contributed by atoms with Crippen LogP contribution in [-0.4, -0.2) is 29.3 Å². The van der Waals surface area contributed by atoms with Gasteiger partial charge in [0.05, 0.1) is 29.4 Å². The van der Waals surface area contributed by atoms with Gasteiger partial charge in [-0.1, -0.05) is 0 Å². The largest absolute Gasteiger partial charge is 0.381 e. The zero-order valence-electron chi connectivity index (χ0n) is 9.29. The van der Waals surface area contributed by atoms with Crippen molar-refractivity contribution in [1.82, 2.24) is 14.9 Å². The molecule has 1 aromatic heterocycles. The molecule has 2 aliphatic rings. The molecule has 15 heavy (non-hydrogen) atoms. The van der Waals surface area contributed by atoms with Crippen LogP contribution in [0.5, 0.6) is 0 Å². The van der Waals surface area contributed by atoms with Gasteiger partial charge in [-0.25, -0.2) is 4.98 Å². The highest BCUT2D eigenvalue weighted by Gasteiger charge is 2.49. The van der Waals surface area contributed by atoms with E-state index in [9.17, 15) is 0 Å². The van der Waals surface area contributed by atoms with Crippen LogP contribution in [0.25, 0.3) is 0 Å². The molecular formula is C11H17N3O. The predicted octanol–water partition coefficient (Wildman–Crippen LogP) is 0.570. The van der Waals surface area contributed by atoms with E-state index < -0.39 is 0 Å². The number of fused-ring (bicyclic) bond motifs is 2. The molecule has 1 fully saturated rings. The summed E-state index contributed by atoms with van der Waals surface area (Å²) in [6.07, 6.45) is 5.56. The van der Waals surface area contributed by atoms with E-state index in [0.717, 1.165) is 25.8 Å². The van der Waals surface area contributed by atoms with Crippen LogP contribution in [0.4, 0.5) is 0 Å². The van der Waals surface area contributed by atoms with Crippen LogP contribution >= 0.6 is 0 Å². The number of nitrogens with zero attached hydrogens (tertiary/aromatic N) is 2. The number of nitrogens with one attached hydrogen (secondary N) is 1. The van der Waals surface area contributed by atoms with Crippen LogP contribution in [-0.2, 0) is 23.7 Å². The van der Waals surface area contributed by atoms with E-state index in [1.54, 1.807) is 7.11 Å². The second-order valence-corrected chi connectivity index (χ2v) is 4.68. The van der Waals surface area contributed by atoms with Crippen molar-refractivity contribution in [1.29, 1.82) is 0 Å². The molecular weight excluding hydrogens is 190 g/mol. The van der Waals surface area contributed by atoms with Crippen LogP contribution in [0.15, 0.2) is 6.33 Å². The van der Waals surface area contributed by atoms with Crippen molar-refractivity contribution in [3.8, 4) is 0 Å². The van der Waals surface area contributed by atoms with Crippen LogP contribution in [0.1, 0.15) is 24.2 Å². The highest BCUT2D eigenvalue weighted by atomic mass is 16.5.